The number of aromatic nitrogens is 1. The van der Waals surface area contributed by atoms with Gasteiger partial charge >= 0.3 is 0 Å². The van der Waals surface area contributed by atoms with Gasteiger partial charge in [-0.1, -0.05) is 12.2 Å². The van der Waals surface area contributed by atoms with Gasteiger partial charge in [0.05, 0.1) is 0 Å². The Bertz CT molecular complexity index is 422. The number of nitrogens with two attached hydrogens (primary N) is 1. The van der Waals surface area contributed by atoms with Gasteiger partial charge in [0.2, 0.25) is 5.91 Å². The van der Waals surface area contributed by atoms with Crippen molar-refractivity contribution in [3.05, 3.63) is 23.9 Å². The zero-order valence-electron chi connectivity index (χ0n) is 9.86. The first-order valence-corrected chi connectivity index (χ1v) is 5.75. The third-order valence-electron chi connectivity index (χ3n) is 2.15. The van der Waals surface area contributed by atoms with E-state index in [1.54, 1.807) is 25.3 Å². The number of hydrogen-bond acceptors (Lipinski definition) is 4. The number of thiocarbonyl (C=S) groups is 1. The minimum atomic E-state index is -0.357. The van der Waals surface area contributed by atoms with E-state index in [9.17, 15) is 4.79 Å². The molecule has 1 aromatic heterocycles. The molecule has 1 rings (SSSR count). The summed E-state index contributed by atoms with van der Waals surface area (Å²) in [5.41, 5.74) is 6.24. The molecule has 0 saturated carbocycles. The van der Waals surface area contributed by atoms with Gasteiger partial charge in [-0.3, -0.25) is 4.79 Å². The molecule has 4 N–H and O–H groups in total. The van der Waals surface area contributed by atoms with Gasteiger partial charge in [0, 0.05) is 18.3 Å². The minimum absolute atomic E-state index is 0.0740. The van der Waals surface area contributed by atoms with Crippen molar-refractivity contribution in [3.8, 4) is 0 Å². The van der Waals surface area contributed by atoms with Crippen LogP contribution < -0.4 is 16.4 Å². The maximum absolute atomic E-state index is 11.5. The van der Waals surface area contributed by atoms with Gasteiger partial charge in [0.25, 0.3) is 0 Å². The zero-order chi connectivity index (χ0) is 12.8. The number of nitrogens with zero attached hydrogens (tertiary/aromatic N) is 1. The van der Waals surface area contributed by atoms with Crippen molar-refractivity contribution in [2.45, 2.75) is 19.9 Å². The topological polar surface area (TPSA) is 80.0 Å². The van der Waals surface area contributed by atoms with Crippen LogP contribution in [0, 0.1) is 0 Å². The van der Waals surface area contributed by atoms with Crippen molar-refractivity contribution >= 4 is 28.9 Å². The average molecular weight is 252 g/mol. The smallest absolute Gasteiger partial charge is 0.242 e. The Morgan fingerprint density at radius 3 is 2.94 bits per heavy atom. The molecule has 0 spiro atoms. The number of anilines is 1. The van der Waals surface area contributed by atoms with Crippen molar-refractivity contribution in [3.63, 3.8) is 0 Å². The first-order chi connectivity index (χ1) is 8.04. The number of pyridine rings is 1. The lowest BCUT2D eigenvalue weighted by atomic mass is 10.2. The van der Waals surface area contributed by atoms with Crippen LogP contribution in [-0.2, 0) is 4.79 Å². The summed E-state index contributed by atoms with van der Waals surface area (Å²) >= 11 is 4.87. The van der Waals surface area contributed by atoms with Crippen LogP contribution in [0.25, 0.3) is 0 Å². The number of carbonyl (C=O) groups excluding carboxylic acids is 1. The van der Waals surface area contributed by atoms with Crippen molar-refractivity contribution in [1.29, 1.82) is 0 Å². The molecule has 0 radical (unpaired) electrons. The second-order valence-electron chi connectivity index (χ2n) is 3.55. The monoisotopic (exact) mass is 252 g/mol. The number of likely N-dealkylation sites (N-methyl/N-ethyl adjacent to an activating group) is 1. The molecule has 0 fully saturated rings. The Kier molecular flexibility index (Phi) is 4.84. The van der Waals surface area contributed by atoms with Crippen LogP contribution in [-0.4, -0.2) is 28.5 Å². The van der Waals surface area contributed by atoms with Crippen LogP contribution in [0.3, 0.4) is 0 Å². The number of carbonyl (C=O) groups is 1. The Balaban J connectivity index is 2.71. The number of hydrogen-bond donors (Lipinski definition) is 3. The highest BCUT2D eigenvalue weighted by molar-refractivity contribution is 7.80. The van der Waals surface area contributed by atoms with Gasteiger partial charge < -0.3 is 16.4 Å². The van der Waals surface area contributed by atoms with Gasteiger partial charge in [-0.25, -0.2) is 4.98 Å². The molecular weight excluding hydrogens is 236 g/mol. The Hall–Kier alpha value is -1.69. The van der Waals surface area contributed by atoms with Crippen LogP contribution >= 0.6 is 12.2 Å². The van der Waals surface area contributed by atoms with E-state index in [0.717, 1.165) is 5.56 Å². The molecule has 17 heavy (non-hydrogen) atoms. The molecule has 1 aromatic rings. The Morgan fingerprint density at radius 1 is 1.65 bits per heavy atom. The predicted molar refractivity (Wildman–Crippen MR) is 71.9 cm³/mol. The van der Waals surface area contributed by atoms with Gasteiger partial charge in [-0.05, 0) is 26.0 Å². The quantitative estimate of drug-likeness (QED) is 0.671. The molecule has 92 valence electrons. The second-order valence-corrected chi connectivity index (χ2v) is 3.99. The Labute approximate surface area is 106 Å². The van der Waals surface area contributed by atoms with Crippen LogP contribution in [0.2, 0.25) is 0 Å². The van der Waals surface area contributed by atoms with Crippen LogP contribution in [0.1, 0.15) is 19.4 Å². The number of amides is 1. The Morgan fingerprint density at radius 2 is 2.35 bits per heavy atom. The summed E-state index contributed by atoms with van der Waals surface area (Å²) in [4.78, 5) is 15.9. The van der Waals surface area contributed by atoms with E-state index in [-0.39, 0.29) is 11.9 Å². The molecule has 0 aliphatic carbocycles. The van der Waals surface area contributed by atoms with E-state index in [1.807, 2.05) is 6.92 Å². The highest BCUT2D eigenvalue weighted by Crippen LogP contribution is 2.08. The highest BCUT2D eigenvalue weighted by atomic mass is 32.1. The molecular formula is C11H16N4OS. The number of rotatable bonds is 5. The first kappa shape index (κ1) is 13.4. The largest absolute Gasteiger partial charge is 0.389 e. The molecule has 0 saturated heterocycles. The fourth-order valence-electron chi connectivity index (χ4n) is 1.28. The molecule has 0 aliphatic rings. The average Bonchev–Trinajstić information content (AvgIpc) is 2.29. The van der Waals surface area contributed by atoms with E-state index in [0.29, 0.717) is 17.4 Å². The fourth-order valence-corrected chi connectivity index (χ4v) is 1.40. The summed E-state index contributed by atoms with van der Waals surface area (Å²) in [7, 11) is 0. The molecule has 0 aliphatic heterocycles. The van der Waals surface area contributed by atoms with Crippen molar-refractivity contribution in [2.24, 2.45) is 5.73 Å². The standard InChI is InChI=1S/C11H16N4OS/c1-3-13-11(16)7(2)15-9-6-8(10(12)17)4-5-14-9/h4-7H,3H2,1-2H3,(H2,12,17)(H,13,16)(H,14,15). The zero-order valence-corrected chi connectivity index (χ0v) is 10.7. The number of nitrogens with one attached hydrogen (secondary N) is 2. The van der Waals surface area contributed by atoms with Gasteiger partial charge in [0.1, 0.15) is 16.8 Å². The summed E-state index contributed by atoms with van der Waals surface area (Å²) in [5, 5.41) is 5.71. The third kappa shape index (κ3) is 3.99. The highest BCUT2D eigenvalue weighted by Gasteiger charge is 2.11. The molecule has 1 amide bonds. The first-order valence-electron chi connectivity index (χ1n) is 5.34. The lowest BCUT2D eigenvalue weighted by Crippen LogP contribution is -2.37. The summed E-state index contributed by atoms with van der Waals surface area (Å²) in [6, 6.07) is 3.09. The SMILES string of the molecule is CCNC(=O)C(C)Nc1cc(C(N)=S)ccn1. The molecule has 1 unspecified atom stereocenters. The molecule has 1 heterocycles. The summed E-state index contributed by atoms with van der Waals surface area (Å²) in [6.07, 6.45) is 1.60. The second kappa shape index (κ2) is 6.15. The lowest BCUT2D eigenvalue weighted by Gasteiger charge is -2.14. The summed E-state index contributed by atoms with van der Waals surface area (Å²) in [6.45, 7) is 4.24. The van der Waals surface area contributed by atoms with Gasteiger partial charge in [-0.15, -0.1) is 0 Å². The molecule has 1 atom stereocenters. The van der Waals surface area contributed by atoms with Crippen LogP contribution in [0.15, 0.2) is 18.3 Å². The van der Waals surface area contributed by atoms with E-state index in [4.69, 9.17) is 18.0 Å². The van der Waals surface area contributed by atoms with Gasteiger partial charge in [0.15, 0.2) is 0 Å². The maximum Gasteiger partial charge on any atom is 0.242 e. The van der Waals surface area contributed by atoms with Gasteiger partial charge in [-0.2, -0.15) is 0 Å². The van der Waals surface area contributed by atoms with Crippen molar-refractivity contribution < 1.29 is 4.79 Å². The third-order valence-corrected chi connectivity index (χ3v) is 2.39. The van der Waals surface area contributed by atoms with E-state index >= 15 is 0 Å². The molecule has 6 heteroatoms. The normalized spacial score (nSPS) is 11.6. The molecule has 0 aromatic carbocycles. The molecule has 0 bridgehead atoms. The van der Waals surface area contributed by atoms with Crippen LogP contribution in [0.5, 0.6) is 0 Å². The maximum atomic E-state index is 11.5. The summed E-state index contributed by atoms with van der Waals surface area (Å²) < 4.78 is 0. The van der Waals surface area contributed by atoms with E-state index < -0.39 is 0 Å². The van der Waals surface area contributed by atoms with E-state index in [1.165, 1.54) is 0 Å². The lowest BCUT2D eigenvalue weighted by molar-refractivity contribution is -0.121. The van der Waals surface area contributed by atoms with Crippen molar-refractivity contribution in [1.82, 2.24) is 10.3 Å². The summed E-state index contributed by atoms with van der Waals surface area (Å²) in [5.74, 6) is 0.504. The minimum Gasteiger partial charge on any atom is -0.389 e. The fraction of sp³-hybridized carbons (Fsp3) is 0.364. The predicted octanol–water partition coefficient (Wildman–Crippen LogP) is 0.652. The van der Waals surface area contributed by atoms with E-state index in [2.05, 4.69) is 15.6 Å². The van der Waals surface area contributed by atoms with Crippen LogP contribution in [0.4, 0.5) is 5.82 Å². The van der Waals surface area contributed by atoms with Crippen molar-refractivity contribution in [2.75, 3.05) is 11.9 Å². The molecule has 5 nitrogen and oxygen atoms in total.